The summed E-state index contributed by atoms with van der Waals surface area (Å²) in [6.45, 7) is 4.42. The van der Waals surface area contributed by atoms with Gasteiger partial charge in [0, 0.05) is 18.7 Å². The van der Waals surface area contributed by atoms with Crippen molar-refractivity contribution >= 4 is 21.8 Å². The summed E-state index contributed by atoms with van der Waals surface area (Å²) in [6.07, 6.45) is 1.25. The fraction of sp³-hybridized carbons (Fsp3) is 0.529. The highest BCUT2D eigenvalue weighted by Crippen LogP contribution is 2.23. The van der Waals surface area contributed by atoms with Crippen molar-refractivity contribution in [2.45, 2.75) is 39.3 Å². The molecule has 0 unspecified atom stereocenters. The number of amides is 1. The largest absolute Gasteiger partial charge is 0.384 e. The molecule has 1 aromatic carbocycles. The molecule has 2 rings (SSSR count). The highest BCUT2D eigenvalue weighted by Gasteiger charge is 2.38. The minimum atomic E-state index is -3.42. The average molecular weight is 366 g/mol. The summed E-state index contributed by atoms with van der Waals surface area (Å²) in [4.78, 5) is 12.5. The molecule has 1 saturated heterocycles. The molecule has 1 heterocycles. The predicted molar refractivity (Wildman–Crippen MR) is 97.7 cm³/mol. The summed E-state index contributed by atoms with van der Waals surface area (Å²) in [5.74, 6) is -0.189. The van der Waals surface area contributed by atoms with E-state index in [4.69, 9.17) is 11.1 Å². The second kappa shape index (κ2) is 7.97. The lowest BCUT2D eigenvalue weighted by molar-refractivity contribution is -0.124. The molecular weight excluding hydrogens is 340 g/mol. The first-order valence-corrected chi connectivity index (χ1v) is 10.0. The van der Waals surface area contributed by atoms with Crippen LogP contribution in [0.2, 0.25) is 0 Å². The maximum atomic E-state index is 12.5. The van der Waals surface area contributed by atoms with E-state index in [-0.39, 0.29) is 23.4 Å². The van der Waals surface area contributed by atoms with E-state index in [1.807, 2.05) is 13.8 Å². The highest BCUT2D eigenvalue weighted by atomic mass is 32.2. The zero-order valence-electron chi connectivity index (χ0n) is 14.7. The number of carbonyl (C=O) groups excluding carboxylic acids is 1. The lowest BCUT2D eigenvalue weighted by atomic mass is 10.1. The summed E-state index contributed by atoms with van der Waals surface area (Å²) in [7, 11) is -3.42. The second-order valence-electron chi connectivity index (χ2n) is 6.77. The predicted octanol–water partition coefficient (Wildman–Crippen LogP) is 1.04. The molecule has 0 bridgehead atoms. The Kier molecular flexibility index (Phi) is 6.18. The van der Waals surface area contributed by atoms with Crippen LogP contribution in [0.25, 0.3) is 0 Å². The van der Waals surface area contributed by atoms with Gasteiger partial charge in [-0.05, 0) is 24.3 Å². The van der Waals surface area contributed by atoms with Crippen molar-refractivity contribution in [3.8, 4) is 0 Å². The van der Waals surface area contributed by atoms with Crippen LogP contribution in [0, 0.1) is 11.3 Å². The number of benzene rings is 1. The van der Waals surface area contributed by atoms with Crippen LogP contribution in [-0.4, -0.2) is 42.8 Å². The number of amidine groups is 1. The molecule has 1 atom stereocenters. The molecule has 0 spiro atoms. The molecule has 1 aliphatic rings. The number of nitrogens with two attached hydrogens (primary N) is 1. The molecule has 0 saturated carbocycles. The minimum absolute atomic E-state index is 0.00691. The molecule has 1 fully saturated rings. The number of sulfonamides is 1. The normalized spacial score (nSPS) is 18.4. The summed E-state index contributed by atoms with van der Waals surface area (Å²) in [6, 6.07) is 6.40. The smallest absolute Gasteiger partial charge is 0.238 e. The Bertz CT molecular complexity index is 729. The van der Waals surface area contributed by atoms with Gasteiger partial charge in [-0.3, -0.25) is 10.2 Å². The molecule has 0 aromatic heterocycles. The van der Waals surface area contributed by atoms with Gasteiger partial charge in [0.1, 0.15) is 11.9 Å². The van der Waals surface area contributed by atoms with Crippen molar-refractivity contribution < 1.29 is 13.2 Å². The third-order valence-electron chi connectivity index (χ3n) is 4.14. The number of hydrogen-bond acceptors (Lipinski definition) is 4. The molecule has 7 nitrogen and oxygen atoms in total. The lowest BCUT2D eigenvalue weighted by Gasteiger charge is -2.24. The molecule has 0 aliphatic carbocycles. The van der Waals surface area contributed by atoms with Crippen LogP contribution in [0.4, 0.5) is 0 Å². The van der Waals surface area contributed by atoms with E-state index in [1.54, 1.807) is 24.3 Å². The maximum Gasteiger partial charge on any atom is 0.238 e. The van der Waals surface area contributed by atoms with Crippen LogP contribution >= 0.6 is 0 Å². The third kappa shape index (κ3) is 5.02. The molecule has 4 N–H and O–H groups in total. The summed E-state index contributed by atoms with van der Waals surface area (Å²) in [5.41, 5.74) is 6.90. The van der Waals surface area contributed by atoms with Crippen LogP contribution in [-0.2, 0) is 21.4 Å². The molecule has 25 heavy (non-hydrogen) atoms. The van der Waals surface area contributed by atoms with Gasteiger partial charge in [0.05, 0.1) is 5.75 Å². The van der Waals surface area contributed by atoms with Crippen LogP contribution in [0.15, 0.2) is 24.3 Å². The van der Waals surface area contributed by atoms with Gasteiger partial charge < -0.3 is 11.1 Å². The van der Waals surface area contributed by atoms with E-state index in [0.717, 1.165) is 5.56 Å². The Hall–Kier alpha value is -1.93. The topological polar surface area (TPSA) is 116 Å². The molecule has 1 aliphatic heterocycles. The standard InChI is InChI=1S/C17H26N4O3S/c1-12(2)11-25(23,24)21-9-3-4-15(21)17(22)20-10-13-5-7-14(8-6-13)16(18)19/h5-8,12,15H,3-4,9-11H2,1-2H3,(H3,18,19)(H,20,22)/t15-/m0/s1. The van der Waals surface area contributed by atoms with Crippen LogP contribution in [0.1, 0.15) is 37.8 Å². The Morgan fingerprint density at radius 1 is 1.36 bits per heavy atom. The van der Waals surface area contributed by atoms with Crippen LogP contribution < -0.4 is 11.1 Å². The summed E-state index contributed by atoms with van der Waals surface area (Å²) in [5, 5.41) is 10.2. The quantitative estimate of drug-likeness (QED) is 0.494. The Morgan fingerprint density at radius 2 is 2.00 bits per heavy atom. The molecule has 1 amide bonds. The average Bonchev–Trinajstić information content (AvgIpc) is 3.02. The maximum absolute atomic E-state index is 12.5. The second-order valence-corrected chi connectivity index (χ2v) is 8.74. The first kappa shape index (κ1) is 19.4. The van der Waals surface area contributed by atoms with Gasteiger partial charge >= 0.3 is 0 Å². The van der Waals surface area contributed by atoms with Crippen molar-refractivity contribution in [1.82, 2.24) is 9.62 Å². The monoisotopic (exact) mass is 366 g/mol. The van der Waals surface area contributed by atoms with Crippen LogP contribution in [0.3, 0.4) is 0 Å². The highest BCUT2D eigenvalue weighted by molar-refractivity contribution is 7.89. The van der Waals surface area contributed by atoms with Crippen molar-refractivity contribution in [1.29, 1.82) is 5.41 Å². The number of nitrogen functional groups attached to an aromatic ring is 1. The molecule has 0 radical (unpaired) electrons. The number of hydrogen-bond donors (Lipinski definition) is 3. The number of rotatable bonds is 7. The zero-order chi connectivity index (χ0) is 18.6. The van der Waals surface area contributed by atoms with Crippen molar-refractivity contribution in [3.63, 3.8) is 0 Å². The fourth-order valence-corrected chi connectivity index (χ4v) is 4.99. The van der Waals surface area contributed by atoms with Gasteiger partial charge in [-0.2, -0.15) is 4.31 Å². The van der Waals surface area contributed by atoms with Crippen molar-refractivity contribution in [3.05, 3.63) is 35.4 Å². The SMILES string of the molecule is CC(C)CS(=O)(=O)N1CCC[C@H]1C(=O)NCc1ccc(C(=N)N)cc1. The molecular formula is C17H26N4O3S. The Labute approximate surface area is 149 Å². The van der Waals surface area contributed by atoms with E-state index < -0.39 is 16.1 Å². The summed E-state index contributed by atoms with van der Waals surface area (Å²) >= 11 is 0. The third-order valence-corrected chi connectivity index (χ3v) is 6.38. The number of carbonyl (C=O) groups is 1. The zero-order valence-corrected chi connectivity index (χ0v) is 15.5. The molecule has 138 valence electrons. The first-order valence-electron chi connectivity index (χ1n) is 8.41. The fourth-order valence-electron chi connectivity index (χ4n) is 2.96. The lowest BCUT2D eigenvalue weighted by Crippen LogP contribution is -2.46. The number of nitrogens with zero attached hydrogens (tertiary/aromatic N) is 1. The Balaban J connectivity index is 1.98. The minimum Gasteiger partial charge on any atom is -0.384 e. The van der Waals surface area contributed by atoms with Crippen molar-refractivity contribution in [2.24, 2.45) is 11.7 Å². The van der Waals surface area contributed by atoms with Gasteiger partial charge in [-0.15, -0.1) is 0 Å². The van der Waals surface area contributed by atoms with Crippen molar-refractivity contribution in [2.75, 3.05) is 12.3 Å². The first-order chi connectivity index (χ1) is 11.7. The van der Waals surface area contributed by atoms with Gasteiger partial charge in [0.2, 0.25) is 15.9 Å². The van der Waals surface area contributed by atoms with E-state index in [1.165, 1.54) is 4.31 Å². The van der Waals surface area contributed by atoms with Gasteiger partial charge in [-0.25, -0.2) is 8.42 Å². The summed E-state index contributed by atoms with van der Waals surface area (Å²) < 4.78 is 26.2. The number of nitrogens with one attached hydrogen (secondary N) is 2. The van der Waals surface area contributed by atoms with E-state index in [2.05, 4.69) is 5.32 Å². The van der Waals surface area contributed by atoms with Crippen LogP contribution in [0.5, 0.6) is 0 Å². The van der Waals surface area contributed by atoms with E-state index in [0.29, 0.717) is 31.5 Å². The molecule has 8 heteroatoms. The van der Waals surface area contributed by atoms with E-state index >= 15 is 0 Å². The van der Waals surface area contributed by atoms with Gasteiger partial charge in [0.25, 0.3) is 0 Å². The van der Waals surface area contributed by atoms with E-state index in [9.17, 15) is 13.2 Å². The molecule has 1 aromatic rings. The van der Waals surface area contributed by atoms with Gasteiger partial charge in [-0.1, -0.05) is 38.1 Å². The van der Waals surface area contributed by atoms with Gasteiger partial charge in [0.15, 0.2) is 0 Å². The Morgan fingerprint density at radius 3 is 2.56 bits per heavy atom.